The molecule has 0 aromatic carbocycles. The molecule has 2 amide bonds. The van der Waals surface area contributed by atoms with Gasteiger partial charge in [0.2, 0.25) is 7.85 Å². The van der Waals surface area contributed by atoms with Gasteiger partial charge in [-0.25, -0.2) is 0 Å². The van der Waals surface area contributed by atoms with E-state index >= 15 is 0 Å². The molecule has 0 spiro atoms. The summed E-state index contributed by atoms with van der Waals surface area (Å²) in [4.78, 5) is 23.1. The lowest BCUT2D eigenvalue weighted by molar-refractivity contribution is 0.0770. The van der Waals surface area contributed by atoms with Gasteiger partial charge in [-0.15, -0.1) is 5.98 Å². The Labute approximate surface area is 130 Å². The third-order valence-corrected chi connectivity index (χ3v) is 4.10. The van der Waals surface area contributed by atoms with Crippen LogP contribution in [0.1, 0.15) is 47.0 Å². The molecule has 0 bridgehead atoms. The number of rotatable bonds is 5. The number of carbonyl (C=O) groups is 2. The smallest absolute Gasteiger partial charge is 0.258 e. The van der Waals surface area contributed by atoms with Crippen LogP contribution in [0, 0.1) is 10.8 Å². The number of allylic oxidation sites excluding steroid dienone is 1. The van der Waals surface area contributed by atoms with Crippen LogP contribution < -0.4 is 10.6 Å². The third-order valence-electron chi connectivity index (χ3n) is 4.10. The van der Waals surface area contributed by atoms with E-state index in [0.717, 1.165) is 19.3 Å². The first-order valence-corrected chi connectivity index (χ1v) is 7.81. The average molecular weight is 290 g/mol. The molecule has 1 aliphatic rings. The van der Waals surface area contributed by atoms with Crippen LogP contribution in [0.3, 0.4) is 0 Å². The predicted octanol–water partition coefficient (Wildman–Crippen LogP) is 1.59. The lowest BCUT2D eigenvalue weighted by atomic mass is 9.62. The van der Waals surface area contributed by atoms with Gasteiger partial charge in [0.25, 0.3) is 7.28 Å². The van der Waals surface area contributed by atoms with Crippen LogP contribution in [0.2, 0.25) is 0 Å². The normalized spacial score (nSPS) is 28.1. The SMILES string of the molecule is BC(=O)NC1CC(C)(C)CC(C)(CNC(=O)B/C=C/C)C1. The Hall–Kier alpha value is -1.19. The summed E-state index contributed by atoms with van der Waals surface area (Å²) in [6, 6.07) is 0.198. The number of nitrogens with one attached hydrogen (secondary N) is 2. The van der Waals surface area contributed by atoms with Gasteiger partial charge in [0.15, 0.2) is 11.6 Å². The van der Waals surface area contributed by atoms with Gasteiger partial charge < -0.3 is 10.6 Å². The predicted molar refractivity (Wildman–Crippen MR) is 92.0 cm³/mol. The van der Waals surface area contributed by atoms with Gasteiger partial charge in [0.05, 0.1) is 0 Å². The minimum absolute atomic E-state index is 0.0252. The van der Waals surface area contributed by atoms with Gasteiger partial charge in [-0.05, 0) is 37.0 Å². The fourth-order valence-corrected chi connectivity index (χ4v) is 3.77. The van der Waals surface area contributed by atoms with Crippen LogP contribution in [0.4, 0.5) is 9.59 Å². The molecule has 2 N–H and O–H groups in total. The molecule has 0 aliphatic heterocycles. The van der Waals surface area contributed by atoms with Crippen LogP contribution in [0.5, 0.6) is 0 Å². The van der Waals surface area contributed by atoms with Crippen LogP contribution in [-0.2, 0) is 0 Å². The highest BCUT2D eigenvalue weighted by Gasteiger charge is 2.41. The zero-order valence-electron chi connectivity index (χ0n) is 14.1. The van der Waals surface area contributed by atoms with Crippen molar-refractivity contribution < 1.29 is 9.59 Å². The Balaban J connectivity index is 2.64. The number of amides is 2. The molecule has 1 aliphatic carbocycles. The summed E-state index contributed by atoms with van der Waals surface area (Å²) in [5, 5.41) is 6.09. The molecule has 2 unspecified atom stereocenters. The van der Waals surface area contributed by atoms with Gasteiger partial charge in [0.1, 0.15) is 0 Å². The van der Waals surface area contributed by atoms with Crippen molar-refractivity contribution in [2.45, 2.75) is 53.0 Å². The van der Waals surface area contributed by atoms with E-state index in [1.807, 2.05) is 19.0 Å². The van der Waals surface area contributed by atoms with Gasteiger partial charge in [-0.2, -0.15) is 0 Å². The van der Waals surface area contributed by atoms with Crippen LogP contribution in [0.25, 0.3) is 0 Å². The average Bonchev–Trinajstić information content (AvgIpc) is 2.30. The van der Waals surface area contributed by atoms with Gasteiger partial charge in [0, 0.05) is 12.6 Å². The van der Waals surface area contributed by atoms with E-state index in [1.165, 1.54) is 0 Å². The van der Waals surface area contributed by atoms with Gasteiger partial charge >= 0.3 is 0 Å². The topological polar surface area (TPSA) is 58.2 Å². The van der Waals surface area contributed by atoms with E-state index in [-0.39, 0.29) is 28.5 Å². The summed E-state index contributed by atoms with van der Waals surface area (Å²) in [6.07, 6.45) is 4.85. The maximum Gasteiger partial charge on any atom is 0.258 e. The molecule has 6 heteroatoms. The molecule has 0 aromatic rings. The summed E-state index contributed by atoms with van der Waals surface area (Å²) in [5.41, 5.74) is 0.203. The highest BCUT2D eigenvalue weighted by molar-refractivity contribution is 6.77. The van der Waals surface area contributed by atoms with Crippen LogP contribution in [0.15, 0.2) is 12.1 Å². The second-order valence-corrected chi connectivity index (χ2v) is 7.51. The first-order valence-electron chi connectivity index (χ1n) is 7.81. The van der Waals surface area contributed by atoms with E-state index in [2.05, 4.69) is 31.4 Å². The highest BCUT2D eigenvalue weighted by Crippen LogP contribution is 2.45. The molecular formula is C15H28B2N2O2. The van der Waals surface area contributed by atoms with Gasteiger partial charge in [-0.1, -0.05) is 26.8 Å². The van der Waals surface area contributed by atoms with Gasteiger partial charge in [-0.3, -0.25) is 9.59 Å². The minimum Gasteiger partial charge on any atom is -0.364 e. The summed E-state index contributed by atoms with van der Waals surface area (Å²) in [7, 11) is 2.00. The Morgan fingerprint density at radius 1 is 1.33 bits per heavy atom. The maximum absolute atomic E-state index is 11.8. The molecule has 0 saturated heterocycles. The van der Waals surface area contributed by atoms with E-state index in [1.54, 1.807) is 7.85 Å². The van der Waals surface area contributed by atoms with Crippen molar-refractivity contribution in [2.24, 2.45) is 10.8 Å². The Kier molecular flexibility index (Phi) is 6.11. The Bertz CT molecular complexity index is 424. The molecule has 0 aromatic heterocycles. The molecule has 4 nitrogen and oxygen atoms in total. The first kappa shape index (κ1) is 17.9. The van der Waals surface area contributed by atoms with E-state index in [9.17, 15) is 9.59 Å². The number of hydrogen-bond acceptors (Lipinski definition) is 2. The van der Waals surface area contributed by atoms with Crippen molar-refractivity contribution in [1.82, 2.24) is 10.6 Å². The standard InChI is InChI=1S/C15H28B2N2O2/c1-5-6-17-13(21)18-10-15(4)8-11(19-12(16)20)7-14(2,3)9-15/h5-6,11,17H,7-10,16H2,1-4H3,(H,18,21)(H,19,20)/b6-5+. The zero-order valence-corrected chi connectivity index (χ0v) is 14.1. The lowest BCUT2D eigenvalue weighted by Crippen LogP contribution is -2.50. The third kappa shape index (κ3) is 6.40. The molecule has 2 atom stereocenters. The minimum atomic E-state index is 0.0252. The monoisotopic (exact) mass is 290 g/mol. The first-order chi connectivity index (χ1) is 9.66. The van der Waals surface area contributed by atoms with Crippen molar-refractivity contribution in [3.8, 4) is 0 Å². The van der Waals surface area contributed by atoms with Crippen LogP contribution in [-0.4, -0.2) is 39.3 Å². The van der Waals surface area contributed by atoms with Crippen molar-refractivity contribution in [2.75, 3.05) is 6.54 Å². The fourth-order valence-electron chi connectivity index (χ4n) is 3.77. The van der Waals surface area contributed by atoms with Crippen molar-refractivity contribution >= 4 is 26.7 Å². The Morgan fingerprint density at radius 2 is 2.00 bits per heavy atom. The maximum atomic E-state index is 11.8. The molecule has 0 heterocycles. The molecular weight excluding hydrogens is 262 g/mol. The van der Waals surface area contributed by atoms with Crippen molar-refractivity contribution in [3.05, 3.63) is 12.1 Å². The second-order valence-electron chi connectivity index (χ2n) is 7.51. The summed E-state index contributed by atoms with van der Waals surface area (Å²) >= 11 is 0. The largest absolute Gasteiger partial charge is 0.364 e. The van der Waals surface area contributed by atoms with Crippen LogP contribution >= 0.6 is 0 Å². The zero-order chi connectivity index (χ0) is 16.1. The van der Waals surface area contributed by atoms with E-state index in [4.69, 9.17) is 0 Å². The molecule has 21 heavy (non-hydrogen) atoms. The second kappa shape index (κ2) is 7.19. The van der Waals surface area contributed by atoms with Crippen molar-refractivity contribution in [1.29, 1.82) is 0 Å². The summed E-state index contributed by atoms with van der Waals surface area (Å²) in [5.74, 6) is 1.95. The molecule has 116 valence electrons. The number of hydrogen-bond donors (Lipinski definition) is 2. The summed E-state index contributed by atoms with van der Waals surface area (Å²) in [6.45, 7) is 9.26. The Morgan fingerprint density at radius 3 is 2.57 bits per heavy atom. The molecule has 0 radical (unpaired) electrons. The quantitative estimate of drug-likeness (QED) is 0.755. The molecule has 1 saturated carbocycles. The highest BCUT2D eigenvalue weighted by atomic mass is 16.1. The van der Waals surface area contributed by atoms with Crippen molar-refractivity contribution in [3.63, 3.8) is 0 Å². The fraction of sp³-hybridized carbons (Fsp3) is 0.733. The van der Waals surface area contributed by atoms with E-state index < -0.39 is 0 Å². The lowest BCUT2D eigenvalue weighted by Gasteiger charge is -2.47. The molecule has 1 rings (SSSR count). The summed E-state index contributed by atoms with van der Waals surface area (Å²) < 4.78 is 0. The molecule has 1 fully saturated rings. The number of carbonyl (C=O) groups excluding carboxylic acids is 2. The van der Waals surface area contributed by atoms with E-state index in [0.29, 0.717) is 13.8 Å².